The Labute approximate surface area is 108 Å². The van der Waals surface area contributed by atoms with E-state index in [0.29, 0.717) is 18.5 Å². The van der Waals surface area contributed by atoms with Crippen molar-refractivity contribution >= 4 is 0 Å². The van der Waals surface area contributed by atoms with Crippen molar-refractivity contribution in [1.29, 1.82) is 5.26 Å². The molecule has 0 fully saturated rings. The number of ether oxygens (including phenoxy) is 1. The average Bonchev–Trinajstić information content (AvgIpc) is 2.36. The van der Waals surface area contributed by atoms with Gasteiger partial charge in [-0.25, -0.2) is 0 Å². The maximum atomic E-state index is 8.97. The van der Waals surface area contributed by atoms with E-state index in [2.05, 4.69) is 11.4 Å². The topological polar surface area (TPSA) is 65.3 Å². The number of benzene rings is 1. The van der Waals surface area contributed by atoms with Crippen molar-refractivity contribution in [3.8, 4) is 11.8 Å². The van der Waals surface area contributed by atoms with E-state index >= 15 is 0 Å². The molecule has 0 radical (unpaired) electrons. The van der Waals surface area contributed by atoms with Gasteiger partial charge in [0.1, 0.15) is 5.75 Å². The molecule has 1 aromatic rings. The Morgan fingerprint density at radius 2 is 2.17 bits per heavy atom. The molecule has 98 valence electrons. The zero-order valence-electron chi connectivity index (χ0n) is 11.2. The zero-order valence-corrected chi connectivity index (χ0v) is 11.2. The summed E-state index contributed by atoms with van der Waals surface area (Å²) in [5, 5.41) is 21.2. The van der Waals surface area contributed by atoms with Gasteiger partial charge in [-0.05, 0) is 38.5 Å². The number of nitrogens with zero attached hydrogens (tertiary/aromatic N) is 1. The van der Waals surface area contributed by atoms with E-state index in [1.807, 2.05) is 19.9 Å². The molecule has 1 aromatic carbocycles. The molecule has 0 bridgehead atoms. The fourth-order valence-electron chi connectivity index (χ4n) is 1.69. The Bertz CT molecular complexity index is 436. The van der Waals surface area contributed by atoms with E-state index < -0.39 is 0 Å². The summed E-state index contributed by atoms with van der Waals surface area (Å²) in [6, 6.07) is 7.48. The van der Waals surface area contributed by atoms with Gasteiger partial charge in [-0.15, -0.1) is 0 Å². The molecule has 0 atom stereocenters. The number of hydrogen-bond acceptors (Lipinski definition) is 4. The third-order valence-electron chi connectivity index (χ3n) is 2.90. The van der Waals surface area contributed by atoms with Crippen LogP contribution in [0.25, 0.3) is 0 Å². The van der Waals surface area contributed by atoms with Gasteiger partial charge >= 0.3 is 0 Å². The van der Waals surface area contributed by atoms with E-state index in [0.717, 1.165) is 11.3 Å². The summed E-state index contributed by atoms with van der Waals surface area (Å²) in [7, 11) is 1.61. The third kappa shape index (κ3) is 4.02. The largest absolute Gasteiger partial charge is 0.496 e. The lowest BCUT2D eigenvalue weighted by atomic mass is 10.0. The molecule has 0 aliphatic heterocycles. The highest BCUT2D eigenvalue weighted by Crippen LogP contribution is 2.20. The molecule has 0 saturated carbocycles. The second-order valence-corrected chi connectivity index (χ2v) is 4.85. The van der Waals surface area contributed by atoms with E-state index in [1.54, 1.807) is 19.2 Å². The van der Waals surface area contributed by atoms with Crippen LogP contribution in [-0.4, -0.2) is 24.4 Å². The van der Waals surface area contributed by atoms with Gasteiger partial charge in [-0.1, -0.05) is 0 Å². The molecule has 0 aromatic heterocycles. The van der Waals surface area contributed by atoms with Gasteiger partial charge in [0, 0.05) is 24.3 Å². The minimum atomic E-state index is -0.150. The Balaban J connectivity index is 2.80. The van der Waals surface area contributed by atoms with Gasteiger partial charge in [0.25, 0.3) is 0 Å². The SMILES string of the molecule is COc1ccc(C#N)cc1CNC(C)(C)CCO. The fraction of sp³-hybridized carbons (Fsp3) is 0.500. The van der Waals surface area contributed by atoms with Crippen molar-refractivity contribution in [1.82, 2.24) is 5.32 Å². The standard InChI is InChI=1S/C14H20N2O2/c1-14(2,6-7-17)16-10-12-8-11(9-15)4-5-13(12)18-3/h4-5,8,16-17H,6-7,10H2,1-3H3. The summed E-state index contributed by atoms with van der Waals surface area (Å²) in [5.41, 5.74) is 1.41. The van der Waals surface area contributed by atoms with Crippen LogP contribution in [0.4, 0.5) is 0 Å². The predicted molar refractivity (Wildman–Crippen MR) is 70.3 cm³/mol. The molecule has 4 heteroatoms. The number of nitriles is 1. The highest BCUT2D eigenvalue weighted by Gasteiger charge is 2.16. The Morgan fingerprint density at radius 3 is 2.72 bits per heavy atom. The number of methoxy groups -OCH3 is 1. The summed E-state index contributed by atoms with van der Waals surface area (Å²) in [6.07, 6.45) is 0.674. The maximum Gasteiger partial charge on any atom is 0.123 e. The van der Waals surface area contributed by atoms with Crippen LogP contribution in [0.3, 0.4) is 0 Å². The number of nitrogens with one attached hydrogen (secondary N) is 1. The lowest BCUT2D eigenvalue weighted by molar-refractivity contribution is 0.229. The molecule has 4 nitrogen and oxygen atoms in total. The van der Waals surface area contributed by atoms with Gasteiger partial charge < -0.3 is 15.2 Å². The molecule has 0 amide bonds. The van der Waals surface area contributed by atoms with Gasteiger partial charge in [0.15, 0.2) is 0 Å². The Morgan fingerprint density at radius 1 is 1.44 bits per heavy atom. The Hall–Kier alpha value is -1.57. The number of hydrogen-bond donors (Lipinski definition) is 2. The first-order chi connectivity index (χ1) is 8.52. The van der Waals surface area contributed by atoms with Crippen LogP contribution in [0.5, 0.6) is 5.75 Å². The molecule has 0 spiro atoms. The first kappa shape index (κ1) is 14.5. The van der Waals surface area contributed by atoms with Crippen LogP contribution in [0.2, 0.25) is 0 Å². The average molecular weight is 248 g/mol. The normalized spacial score (nSPS) is 11.1. The summed E-state index contributed by atoms with van der Waals surface area (Å²) in [6.45, 7) is 4.81. The van der Waals surface area contributed by atoms with Crippen LogP contribution in [-0.2, 0) is 6.54 Å². The smallest absolute Gasteiger partial charge is 0.123 e. The van der Waals surface area contributed by atoms with E-state index in [1.165, 1.54) is 0 Å². The lowest BCUT2D eigenvalue weighted by Crippen LogP contribution is -2.39. The second kappa shape index (κ2) is 6.39. The molecular formula is C14H20N2O2. The predicted octanol–water partition coefficient (Wildman–Crippen LogP) is 1.82. The van der Waals surface area contributed by atoms with E-state index in [-0.39, 0.29) is 12.1 Å². The first-order valence-corrected chi connectivity index (χ1v) is 5.95. The molecule has 1 rings (SSSR count). The molecule has 0 heterocycles. The molecule has 0 saturated heterocycles. The Kier molecular flexibility index (Phi) is 5.14. The highest BCUT2D eigenvalue weighted by atomic mass is 16.5. The number of aliphatic hydroxyl groups excluding tert-OH is 1. The molecule has 0 unspecified atom stereocenters. The number of aliphatic hydroxyl groups is 1. The van der Waals surface area contributed by atoms with Crippen LogP contribution in [0, 0.1) is 11.3 Å². The van der Waals surface area contributed by atoms with Crippen LogP contribution in [0.15, 0.2) is 18.2 Å². The minimum absolute atomic E-state index is 0.148. The van der Waals surface area contributed by atoms with Crippen molar-refractivity contribution in [2.75, 3.05) is 13.7 Å². The van der Waals surface area contributed by atoms with Crippen molar-refractivity contribution in [3.05, 3.63) is 29.3 Å². The summed E-state index contributed by atoms with van der Waals surface area (Å²) in [4.78, 5) is 0. The van der Waals surface area contributed by atoms with Gasteiger partial charge in [-0.3, -0.25) is 0 Å². The van der Waals surface area contributed by atoms with E-state index in [9.17, 15) is 0 Å². The van der Waals surface area contributed by atoms with Gasteiger partial charge in [-0.2, -0.15) is 5.26 Å². The quantitative estimate of drug-likeness (QED) is 0.806. The summed E-state index contributed by atoms with van der Waals surface area (Å²) >= 11 is 0. The van der Waals surface area contributed by atoms with Gasteiger partial charge in [0.2, 0.25) is 0 Å². The third-order valence-corrected chi connectivity index (χ3v) is 2.90. The maximum absolute atomic E-state index is 8.97. The zero-order chi connectivity index (χ0) is 13.6. The molecule has 0 aliphatic carbocycles. The molecular weight excluding hydrogens is 228 g/mol. The molecule has 0 aliphatic rings. The van der Waals surface area contributed by atoms with Crippen molar-refractivity contribution in [2.45, 2.75) is 32.4 Å². The highest BCUT2D eigenvalue weighted by molar-refractivity contribution is 5.42. The fourth-order valence-corrected chi connectivity index (χ4v) is 1.69. The van der Waals surface area contributed by atoms with Crippen molar-refractivity contribution in [2.24, 2.45) is 0 Å². The van der Waals surface area contributed by atoms with Crippen molar-refractivity contribution in [3.63, 3.8) is 0 Å². The first-order valence-electron chi connectivity index (χ1n) is 5.95. The van der Waals surface area contributed by atoms with Crippen LogP contribution in [0.1, 0.15) is 31.4 Å². The monoisotopic (exact) mass is 248 g/mol. The number of rotatable bonds is 6. The molecule has 18 heavy (non-hydrogen) atoms. The van der Waals surface area contributed by atoms with Crippen LogP contribution < -0.4 is 10.1 Å². The molecule has 2 N–H and O–H groups in total. The summed E-state index contributed by atoms with van der Waals surface area (Å²) < 4.78 is 5.27. The second-order valence-electron chi connectivity index (χ2n) is 4.85. The minimum Gasteiger partial charge on any atom is -0.496 e. The summed E-state index contributed by atoms with van der Waals surface area (Å²) in [5.74, 6) is 0.765. The lowest BCUT2D eigenvalue weighted by Gasteiger charge is -2.26. The van der Waals surface area contributed by atoms with Gasteiger partial charge in [0.05, 0.1) is 18.7 Å². The van der Waals surface area contributed by atoms with E-state index in [4.69, 9.17) is 15.1 Å². The van der Waals surface area contributed by atoms with Crippen molar-refractivity contribution < 1.29 is 9.84 Å². The van der Waals surface area contributed by atoms with Crippen LogP contribution >= 0.6 is 0 Å².